The number of nitrogens with two attached hydrogens (primary N) is 2. The van der Waals surface area contributed by atoms with Gasteiger partial charge in [-0.1, -0.05) is 13.8 Å². The minimum absolute atomic E-state index is 0.107. The zero-order valence-electron chi connectivity index (χ0n) is 18.0. The number of nitrogens with zero attached hydrogens (tertiary/aromatic N) is 1. The average Bonchev–Trinajstić information content (AvgIpc) is 2.54. The van der Waals surface area contributed by atoms with Crippen molar-refractivity contribution < 1.29 is 18.8 Å². The highest BCUT2D eigenvalue weighted by atomic mass is 19.1. The summed E-state index contributed by atoms with van der Waals surface area (Å²) in [5.74, 6) is -3.32. The summed E-state index contributed by atoms with van der Waals surface area (Å²) in [6.07, 6.45) is 0. The Labute approximate surface area is 166 Å². The highest BCUT2D eigenvalue weighted by molar-refractivity contribution is 6.07. The van der Waals surface area contributed by atoms with Gasteiger partial charge in [-0.05, 0) is 64.7 Å². The summed E-state index contributed by atoms with van der Waals surface area (Å²) in [7, 11) is 0. The number of carbonyl (C=O) groups is 3. The molecule has 0 radical (unpaired) electrons. The fourth-order valence-electron chi connectivity index (χ4n) is 3.61. The molecule has 1 aromatic carbocycles. The molecule has 7 heteroatoms. The lowest BCUT2D eigenvalue weighted by Crippen LogP contribution is -2.45. The van der Waals surface area contributed by atoms with Crippen molar-refractivity contribution in [2.24, 2.45) is 17.4 Å². The molecule has 3 amide bonds. The maximum Gasteiger partial charge on any atom is 0.258 e. The lowest BCUT2D eigenvalue weighted by Gasteiger charge is -2.34. The first-order chi connectivity index (χ1) is 12.7. The molecule has 6 nitrogen and oxygen atoms in total. The summed E-state index contributed by atoms with van der Waals surface area (Å²) < 4.78 is 15.5. The maximum absolute atomic E-state index is 15.5. The van der Waals surface area contributed by atoms with Gasteiger partial charge in [0.15, 0.2) is 0 Å². The second kappa shape index (κ2) is 8.29. The van der Waals surface area contributed by atoms with Gasteiger partial charge in [0.05, 0.1) is 16.5 Å². The van der Waals surface area contributed by atoms with Crippen LogP contribution in [-0.4, -0.2) is 34.7 Å². The number of hydrogen-bond acceptors (Lipinski definition) is 3. The second-order valence-electron chi connectivity index (χ2n) is 8.27. The molecule has 0 heterocycles. The van der Waals surface area contributed by atoms with Gasteiger partial charge in [0.1, 0.15) is 5.82 Å². The Hall–Kier alpha value is -2.44. The highest BCUT2D eigenvalue weighted by Gasteiger charge is 2.41. The maximum atomic E-state index is 15.5. The molecule has 28 heavy (non-hydrogen) atoms. The number of benzene rings is 1. The van der Waals surface area contributed by atoms with Crippen molar-refractivity contribution >= 4 is 17.7 Å². The van der Waals surface area contributed by atoms with E-state index in [1.165, 1.54) is 17.9 Å². The van der Waals surface area contributed by atoms with Crippen LogP contribution in [0.25, 0.3) is 0 Å². The predicted molar refractivity (Wildman–Crippen MR) is 107 cm³/mol. The van der Waals surface area contributed by atoms with E-state index in [1.807, 2.05) is 27.7 Å². The number of rotatable bonds is 7. The van der Waals surface area contributed by atoms with E-state index in [0.717, 1.165) is 0 Å². The Bertz CT molecular complexity index is 795. The Morgan fingerprint density at radius 2 is 1.50 bits per heavy atom. The lowest BCUT2D eigenvalue weighted by molar-refractivity contribution is -0.124. The quantitative estimate of drug-likeness (QED) is 0.744. The van der Waals surface area contributed by atoms with Crippen molar-refractivity contribution in [3.8, 4) is 0 Å². The Morgan fingerprint density at radius 3 is 1.82 bits per heavy atom. The van der Waals surface area contributed by atoms with Crippen LogP contribution in [0.1, 0.15) is 80.3 Å². The smallest absolute Gasteiger partial charge is 0.258 e. The van der Waals surface area contributed by atoms with Crippen LogP contribution in [0, 0.1) is 18.7 Å². The molecular formula is C21H32FN3O3. The second-order valence-corrected chi connectivity index (χ2v) is 8.27. The van der Waals surface area contributed by atoms with E-state index in [0.29, 0.717) is 0 Å². The largest absolute Gasteiger partial charge is 0.369 e. The number of primary amides is 2. The molecule has 1 atom stereocenters. The first-order valence-corrected chi connectivity index (χ1v) is 9.45. The molecule has 4 N–H and O–H groups in total. The molecule has 0 aliphatic carbocycles. The molecule has 0 aliphatic heterocycles. The SMILES string of the molecule is Cc1c(C(C)(C(N)=O)C(C)C)cc(C(N)=O)c(C(=O)N(C(C)C)C(C)C)c1F. The number of amides is 3. The summed E-state index contributed by atoms with van der Waals surface area (Å²) in [5, 5.41) is 0. The molecule has 0 aliphatic rings. The molecule has 0 bridgehead atoms. The van der Waals surface area contributed by atoms with Crippen molar-refractivity contribution in [1.82, 2.24) is 4.90 Å². The van der Waals surface area contributed by atoms with Gasteiger partial charge in [-0.25, -0.2) is 4.39 Å². The fraction of sp³-hybridized carbons (Fsp3) is 0.571. The first-order valence-electron chi connectivity index (χ1n) is 9.45. The van der Waals surface area contributed by atoms with E-state index in [-0.39, 0.29) is 40.3 Å². The predicted octanol–water partition coefficient (Wildman–Crippen LogP) is 2.89. The molecule has 0 saturated carbocycles. The van der Waals surface area contributed by atoms with E-state index < -0.39 is 29.0 Å². The van der Waals surface area contributed by atoms with Gasteiger partial charge in [0, 0.05) is 12.1 Å². The van der Waals surface area contributed by atoms with E-state index in [1.54, 1.807) is 20.8 Å². The number of halogens is 1. The summed E-state index contributed by atoms with van der Waals surface area (Å²) in [5.41, 5.74) is 9.64. The van der Waals surface area contributed by atoms with Crippen LogP contribution in [0.15, 0.2) is 6.07 Å². The summed E-state index contributed by atoms with van der Waals surface area (Å²) >= 11 is 0. The molecule has 1 unspecified atom stereocenters. The Kier molecular flexibility index (Phi) is 6.98. The summed E-state index contributed by atoms with van der Waals surface area (Å²) in [4.78, 5) is 39.0. The third-order valence-electron chi connectivity index (χ3n) is 5.56. The summed E-state index contributed by atoms with van der Waals surface area (Å²) in [6.45, 7) is 13.9. The molecule has 156 valence electrons. The van der Waals surface area contributed by atoms with Crippen molar-refractivity contribution in [3.05, 3.63) is 34.1 Å². The van der Waals surface area contributed by atoms with Crippen LogP contribution in [0.3, 0.4) is 0 Å². The van der Waals surface area contributed by atoms with E-state index in [9.17, 15) is 14.4 Å². The molecule has 0 aromatic heterocycles. The zero-order chi connectivity index (χ0) is 22.1. The summed E-state index contributed by atoms with van der Waals surface area (Å²) in [6, 6.07) is 0.927. The van der Waals surface area contributed by atoms with Crippen LogP contribution in [0.2, 0.25) is 0 Å². The van der Waals surface area contributed by atoms with Gasteiger partial charge in [-0.15, -0.1) is 0 Å². The van der Waals surface area contributed by atoms with E-state index in [2.05, 4.69) is 0 Å². The van der Waals surface area contributed by atoms with Crippen LogP contribution in [0.5, 0.6) is 0 Å². The van der Waals surface area contributed by atoms with Crippen LogP contribution < -0.4 is 11.5 Å². The first kappa shape index (κ1) is 23.6. The molecule has 1 aromatic rings. The monoisotopic (exact) mass is 393 g/mol. The standard InChI is InChI=1S/C21H32FN3O3/c1-10(2)21(8,20(24)28)15-9-14(18(23)26)16(17(22)13(15)7)19(27)25(11(3)4)12(5)6/h9-12H,1-8H3,(H2,23,26)(H2,24,28). The number of carbonyl (C=O) groups excluding carboxylic acids is 3. The van der Waals surface area contributed by atoms with E-state index in [4.69, 9.17) is 11.5 Å². The van der Waals surface area contributed by atoms with Crippen LogP contribution in [0.4, 0.5) is 4.39 Å². The van der Waals surface area contributed by atoms with E-state index >= 15 is 4.39 Å². The van der Waals surface area contributed by atoms with Gasteiger partial charge < -0.3 is 16.4 Å². The average molecular weight is 394 g/mol. The van der Waals surface area contributed by atoms with Gasteiger partial charge in [-0.3, -0.25) is 14.4 Å². The van der Waals surface area contributed by atoms with Crippen molar-refractivity contribution in [2.45, 2.75) is 72.9 Å². The topological polar surface area (TPSA) is 106 Å². The zero-order valence-corrected chi connectivity index (χ0v) is 18.0. The van der Waals surface area contributed by atoms with Gasteiger partial charge in [0.2, 0.25) is 11.8 Å². The van der Waals surface area contributed by atoms with Gasteiger partial charge in [-0.2, -0.15) is 0 Å². The van der Waals surface area contributed by atoms with Crippen molar-refractivity contribution in [1.29, 1.82) is 0 Å². The molecular weight excluding hydrogens is 361 g/mol. The van der Waals surface area contributed by atoms with Crippen molar-refractivity contribution in [2.75, 3.05) is 0 Å². The van der Waals surface area contributed by atoms with Crippen molar-refractivity contribution in [3.63, 3.8) is 0 Å². The number of hydrogen-bond donors (Lipinski definition) is 2. The van der Waals surface area contributed by atoms with Crippen LogP contribution in [-0.2, 0) is 10.2 Å². The third-order valence-corrected chi connectivity index (χ3v) is 5.56. The molecule has 0 fully saturated rings. The fourth-order valence-corrected chi connectivity index (χ4v) is 3.61. The van der Waals surface area contributed by atoms with Crippen LogP contribution >= 0.6 is 0 Å². The molecule has 0 spiro atoms. The van der Waals surface area contributed by atoms with Gasteiger partial charge >= 0.3 is 0 Å². The Morgan fingerprint density at radius 1 is 1.04 bits per heavy atom. The minimum Gasteiger partial charge on any atom is -0.369 e. The molecule has 1 rings (SSSR count). The minimum atomic E-state index is -1.23. The van der Waals surface area contributed by atoms with Gasteiger partial charge in [0.25, 0.3) is 5.91 Å². The molecule has 0 saturated heterocycles. The third kappa shape index (κ3) is 3.88. The highest BCUT2D eigenvalue weighted by Crippen LogP contribution is 2.37. The Balaban J connectivity index is 3.91. The lowest BCUT2D eigenvalue weighted by atomic mass is 9.70. The normalized spacial score (nSPS) is 13.7.